The molecule has 0 heterocycles. The summed E-state index contributed by atoms with van der Waals surface area (Å²) >= 11 is 1.21. The molecular weight excluding hydrogens is 452 g/mol. The third-order valence-corrected chi connectivity index (χ3v) is 5.89. The lowest BCUT2D eigenvalue weighted by atomic mass is 10.1. The van der Waals surface area contributed by atoms with Crippen molar-refractivity contribution in [2.24, 2.45) is 0 Å². The van der Waals surface area contributed by atoms with Crippen LogP contribution in [0.25, 0.3) is 0 Å². The van der Waals surface area contributed by atoms with E-state index in [-0.39, 0.29) is 23.1 Å². The van der Waals surface area contributed by atoms with Gasteiger partial charge in [-0.15, -0.1) is 11.8 Å². The molecule has 34 heavy (non-hydrogen) atoms. The van der Waals surface area contributed by atoms with Crippen molar-refractivity contribution in [2.45, 2.75) is 11.0 Å². The van der Waals surface area contributed by atoms with Gasteiger partial charge >= 0.3 is 5.97 Å². The quantitative estimate of drug-likeness (QED) is 0.362. The minimum absolute atomic E-state index is 0.0836. The lowest BCUT2D eigenvalue weighted by Crippen LogP contribution is -2.31. The van der Waals surface area contributed by atoms with Crippen LogP contribution in [0.1, 0.15) is 22.0 Å². The number of carbonyl (C=O) groups excluding carboxylic acids is 3. The number of carbonyl (C=O) groups is 3. The summed E-state index contributed by atoms with van der Waals surface area (Å²) < 4.78 is 10.8. The molecule has 0 aliphatic carbocycles. The van der Waals surface area contributed by atoms with E-state index in [9.17, 15) is 14.4 Å². The van der Waals surface area contributed by atoms with Crippen LogP contribution in [0.3, 0.4) is 0 Å². The fourth-order valence-electron chi connectivity index (χ4n) is 3.10. The van der Waals surface area contributed by atoms with Gasteiger partial charge in [0, 0.05) is 36.3 Å². The van der Waals surface area contributed by atoms with E-state index in [1.165, 1.54) is 16.7 Å². The molecule has 1 unspecified atom stereocenters. The summed E-state index contributed by atoms with van der Waals surface area (Å²) in [5, 5.41) is 2.81. The van der Waals surface area contributed by atoms with Gasteiger partial charge in [0.15, 0.2) is 0 Å². The number of rotatable bonds is 9. The molecule has 8 heteroatoms. The first kappa shape index (κ1) is 24.9. The molecule has 1 N–H and O–H groups in total. The van der Waals surface area contributed by atoms with Gasteiger partial charge in [-0.1, -0.05) is 48.5 Å². The molecule has 7 nitrogen and oxygen atoms in total. The summed E-state index contributed by atoms with van der Waals surface area (Å²) in [5.74, 6) is -0.492. The Labute approximate surface area is 203 Å². The maximum Gasteiger partial charge on any atom is 0.340 e. The molecule has 2 amide bonds. The number of methoxy groups -OCH3 is 1. The Balaban J connectivity index is 1.71. The number of thioether (sulfide) groups is 1. The summed E-state index contributed by atoms with van der Waals surface area (Å²) in [6.07, 6.45) is -1.07. The molecule has 176 valence electrons. The summed E-state index contributed by atoms with van der Waals surface area (Å²) in [7, 11) is 4.77. The van der Waals surface area contributed by atoms with Gasteiger partial charge in [0.25, 0.3) is 5.91 Å². The third kappa shape index (κ3) is 6.62. The van der Waals surface area contributed by atoms with Crippen molar-refractivity contribution in [3.8, 4) is 5.75 Å². The highest BCUT2D eigenvalue weighted by Crippen LogP contribution is 2.27. The van der Waals surface area contributed by atoms with Crippen LogP contribution in [0.15, 0.2) is 83.8 Å². The third-order valence-electron chi connectivity index (χ3n) is 4.81. The molecule has 0 aromatic heterocycles. The number of nitrogens with zero attached hydrogens (tertiary/aromatic N) is 1. The van der Waals surface area contributed by atoms with Crippen LogP contribution in [0.4, 0.5) is 5.69 Å². The van der Waals surface area contributed by atoms with E-state index in [4.69, 9.17) is 9.47 Å². The van der Waals surface area contributed by atoms with Gasteiger partial charge in [-0.05, 0) is 24.3 Å². The maximum atomic E-state index is 13.1. The molecule has 3 aromatic carbocycles. The number of likely N-dealkylation sites (N-methyl/N-ethyl adjacent to an activating group) is 1. The topological polar surface area (TPSA) is 84.9 Å². The lowest BCUT2D eigenvalue weighted by Gasteiger charge is -2.21. The van der Waals surface area contributed by atoms with Crippen molar-refractivity contribution in [2.75, 3.05) is 32.3 Å². The molecule has 0 saturated heterocycles. The van der Waals surface area contributed by atoms with Crippen LogP contribution in [0, 0.1) is 0 Å². The van der Waals surface area contributed by atoms with Crippen LogP contribution in [-0.4, -0.2) is 49.6 Å². The van der Waals surface area contributed by atoms with Crippen molar-refractivity contribution >= 4 is 35.2 Å². The maximum absolute atomic E-state index is 13.1. The minimum Gasteiger partial charge on any atom is -0.497 e. The number of amides is 2. The van der Waals surface area contributed by atoms with Crippen LogP contribution in [0.2, 0.25) is 0 Å². The zero-order valence-electron chi connectivity index (χ0n) is 19.2. The zero-order valence-corrected chi connectivity index (χ0v) is 20.0. The SMILES string of the molecule is COc1cccc(NC(=O)CSc2ccccc2C(=O)OC(C(=O)N(C)C)c2ccccc2)c1. The first-order valence-electron chi connectivity index (χ1n) is 10.5. The summed E-state index contributed by atoms with van der Waals surface area (Å²) in [6.45, 7) is 0. The van der Waals surface area contributed by atoms with Gasteiger partial charge in [0.2, 0.25) is 12.0 Å². The van der Waals surface area contributed by atoms with E-state index in [1.54, 1.807) is 94.0 Å². The molecule has 0 radical (unpaired) electrons. The van der Waals surface area contributed by atoms with Gasteiger partial charge in [0.1, 0.15) is 5.75 Å². The fraction of sp³-hybridized carbons (Fsp3) is 0.192. The minimum atomic E-state index is -1.07. The molecular formula is C26H26N2O5S. The summed E-state index contributed by atoms with van der Waals surface area (Å²) in [4.78, 5) is 40.2. The number of esters is 1. The molecule has 1 atom stereocenters. The number of nitrogens with one attached hydrogen (secondary N) is 1. The molecule has 0 aliphatic heterocycles. The molecule has 0 bridgehead atoms. The average Bonchev–Trinajstić information content (AvgIpc) is 2.86. The van der Waals surface area contributed by atoms with Gasteiger partial charge < -0.3 is 19.7 Å². The Bertz CT molecular complexity index is 1150. The van der Waals surface area contributed by atoms with Crippen LogP contribution >= 0.6 is 11.8 Å². The second kappa shape index (κ2) is 11.9. The number of anilines is 1. The monoisotopic (exact) mass is 478 g/mol. The molecule has 3 aromatic rings. The van der Waals surface area contributed by atoms with Crippen molar-refractivity contribution in [1.29, 1.82) is 0 Å². The Morgan fingerprint density at radius 3 is 2.35 bits per heavy atom. The van der Waals surface area contributed by atoms with E-state index in [0.717, 1.165) is 0 Å². The highest BCUT2D eigenvalue weighted by molar-refractivity contribution is 8.00. The van der Waals surface area contributed by atoms with Crippen LogP contribution < -0.4 is 10.1 Å². The largest absolute Gasteiger partial charge is 0.497 e. The van der Waals surface area contributed by atoms with E-state index < -0.39 is 12.1 Å². The first-order valence-corrected chi connectivity index (χ1v) is 11.5. The second-order valence-electron chi connectivity index (χ2n) is 7.49. The number of hydrogen-bond donors (Lipinski definition) is 1. The summed E-state index contributed by atoms with van der Waals surface area (Å²) in [6, 6.07) is 22.8. The van der Waals surface area contributed by atoms with Gasteiger partial charge in [0.05, 0.1) is 18.4 Å². The molecule has 3 rings (SSSR count). The van der Waals surface area contributed by atoms with E-state index in [0.29, 0.717) is 21.9 Å². The predicted molar refractivity (Wildman–Crippen MR) is 132 cm³/mol. The normalized spacial score (nSPS) is 11.3. The Hall–Kier alpha value is -3.78. The molecule has 0 aliphatic rings. The zero-order chi connectivity index (χ0) is 24.5. The lowest BCUT2D eigenvalue weighted by molar-refractivity contribution is -0.138. The van der Waals surface area contributed by atoms with Crippen LogP contribution in [-0.2, 0) is 14.3 Å². The molecule has 0 spiro atoms. The highest BCUT2D eigenvalue weighted by Gasteiger charge is 2.28. The second-order valence-corrected chi connectivity index (χ2v) is 8.51. The first-order chi connectivity index (χ1) is 16.4. The highest BCUT2D eigenvalue weighted by atomic mass is 32.2. The summed E-state index contributed by atoms with van der Waals surface area (Å²) in [5.41, 5.74) is 1.48. The van der Waals surface area contributed by atoms with Crippen molar-refractivity contribution in [1.82, 2.24) is 4.90 Å². The number of ether oxygens (including phenoxy) is 2. The van der Waals surface area contributed by atoms with Crippen molar-refractivity contribution in [3.63, 3.8) is 0 Å². The smallest absolute Gasteiger partial charge is 0.340 e. The van der Waals surface area contributed by atoms with Gasteiger partial charge in [-0.2, -0.15) is 0 Å². The van der Waals surface area contributed by atoms with Crippen LogP contribution in [0.5, 0.6) is 5.75 Å². The average molecular weight is 479 g/mol. The van der Waals surface area contributed by atoms with Crippen molar-refractivity contribution < 1.29 is 23.9 Å². The fourth-order valence-corrected chi connectivity index (χ4v) is 3.94. The Kier molecular flexibility index (Phi) is 8.70. The predicted octanol–water partition coefficient (Wildman–Crippen LogP) is 4.41. The van der Waals surface area contributed by atoms with Gasteiger partial charge in [-0.25, -0.2) is 4.79 Å². The number of hydrogen-bond acceptors (Lipinski definition) is 6. The Morgan fingerprint density at radius 2 is 1.65 bits per heavy atom. The molecule has 0 saturated carbocycles. The van der Waals surface area contributed by atoms with Crippen molar-refractivity contribution in [3.05, 3.63) is 90.0 Å². The van der Waals surface area contributed by atoms with E-state index in [2.05, 4.69) is 5.32 Å². The van der Waals surface area contributed by atoms with E-state index in [1.807, 2.05) is 6.07 Å². The standard InChI is InChI=1S/C26H26N2O5S/c1-28(2)25(30)24(18-10-5-4-6-11-18)33-26(31)21-14-7-8-15-22(21)34-17-23(29)27-19-12-9-13-20(16-19)32-3/h4-16,24H,17H2,1-3H3,(H,27,29). The molecule has 0 fully saturated rings. The van der Waals surface area contributed by atoms with Gasteiger partial charge in [-0.3, -0.25) is 9.59 Å². The Morgan fingerprint density at radius 1 is 0.941 bits per heavy atom. The number of benzene rings is 3. The van der Waals surface area contributed by atoms with E-state index >= 15 is 0 Å².